The highest BCUT2D eigenvalue weighted by Crippen LogP contribution is 2.21. The van der Waals surface area contributed by atoms with Crippen LogP contribution in [0.25, 0.3) is 0 Å². The molecule has 4 nitrogen and oxygen atoms in total. The maximum absolute atomic E-state index is 12.5. The number of benzene rings is 1. The molecule has 0 bridgehead atoms. The fourth-order valence-electron chi connectivity index (χ4n) is 2.08. The van der Waals surface area contributed by atoms with Gasteiger partial charge in [-0.3, -0.25) is 0 Å². The highest BCUT2D eigenvalue weighted by atomic mass is 32.2. The van der Waals surface area contributed by atoms with Gasteiger partial charge in [-0.1, -0.05) is 18.2 Å². The van der Waals surface area contributed by atoms with E-state index in [-0.39, 0.29) is 0 Å². The Labute approximate surface area is 130 Å². The molecule has 6 heteroatoms. The zero-order chi connectivity index (χ0) is 15.5. The molecule has 0 spiro atoms. The van der Waals surface area contributed by atoms with Crippen molar-refractivity contribution < 1.29 is 8.42 Å². The number of hydrogen-bond donors (Lipinski definition) is 2. The van der Waals surface area contributed by atoms with Crippen LogP contribution in [0.15, 0.2) is 35.2 Å². The van der Waals surface area contributed by atoms with Gasteiger partial charge in [-0.2, -0.15) is 0 Å². The van der Waals surface area contributed by atoms with Crippen LogP contribution in [0, 0.1) is 13.8 Å². The van der Waals surface area contributed by atoms with Gasteiger partial charge in [0.2, 0.25) is 10.0 Å². The van der Waals surface area contributed by atoms with Gasteiger partial charge in [0.05, 0.1) is 4.90 Å². The summed E-state index contributed by atoms with van der Waals surface area (Å²) in [5.41, 5.74) is 1.97. The summed E-state index contributed by atoms with van der Waals surface area (Å²) in [5, 5.41) is 2.99. The maximum atomic E-state index is 12.5. The third-order valence-electron chi connectivity index (χ3n) is 3.28. The van der Waals surface area contributed by atoms with Crippen molar-refractivity contribution in [3.8, 4) is 0 Å². The van der Waals surface area contributed by atoms with E-state index in [1.165, 1.54) is 10.4 Å². The van der Waals surface area contributed by atoms with Crippen LogP contribution in [0.4, 0.5) is 0 Å². The number of aryl methyl sites for hydroxylation is 2. The van der Waals surface area contributed by atoms with Gasteiger partial charge in [-0.05, 0) is 44.2 Å². The van der Waals surface area contributed by atoms with E-state index in [0.29, 0.717) is 18.0 Å². The van der Waals surface area contributed by atoms with Crippen LogP contribution in [0.2, 0.25) is 0 Å². The van der Waals surface area contributed by atoms with E-state index in [9.17, 15) is 8.42 Å². The lowest BCUT2D eigenvalue weighted by Crippen LogP contribution is -2.24. The first-order chi connectivity index (χ1) is 9.94. The molecule has 0 atom stereocenters. The van der Waals surface area contributed by atoms with Crippen molar-refractivity contribution in [2.24, 2.45) is 0 Å². The number of rotatable bonds is 6. The molecule has 0 aliphatic carbocycles. The molecule has 2 N–H and O–H groups in total. The number of thiophene rings is 1. The zero-order valence-corrected chi connectivity index (χ0v) is 14.1. The Morgan fingerprint density at radius 3 is 2.48 bits per heavy atom. The summed E-state index contributed by atoms with van der Waals surface area (Å²) in [5.74, 6) is 0. The van der Waals surface area contributed by atoms with Crippen LogP contribution in [0.1, 0.15) is 20.9 Å². The number of nitrogens with one attached hydrogen (secondary N) is 2. The second-order valence-electron chi connectivity index (χ2n) is 4.91. The van der Waals surface area contributed by atoms with Gasteiger partial charge in [0, 0.05) is 22.8 Å². The van der Waals surface area contributed by atoms with Crippen molar-refractivity contribution in [3.63, 3.8) is 0 Å². The summed E-state index contributed by atoms with van der Waals surface area (Å²) in [6, 6.07) is 9.08. The molecule has 2 rings (SSSR count). The van der Waals surface area contributed by atoms with Crippen LogP contribution >= 0.6 is 11.3 Å². The molecule has 0 amide bonds. The van der Waals surface area contributed by atoms with Crippen molar-refractivity contribution in [2.75, 3.05) is 7.05 Å². The summed E-state index contributed by atoms with van der Waals surface area (Å²) in [6.07, 6.45) is 0. The molecule has 0 aliphatic rings. The molecule has 0 aliphatic heterocycles. The SMILES string of the molecule is CNCc1ccccc1S(=O)(=O)NCc1cc(C)c(C)s1. The lowest BCUT2D eigenvalue weighted by atomic mass is 10.2. The first-order valence-electron chi connectivity index (χ1n) is 6.72. The first-order valence-corrected chi connectivity index (χ1v) is 9.02. The second-order valence-corrected chi connectivity index (χ2v) is 7.99. The first kappa shape index (κ1) is 16.2. The minimum Gasteiger partial charge on any atom is -0.316 e. The van der Waals surface area contributed by atoms with Gasteiger partial charge >= 0.3 is 0 Å². The van der Waals surface area contributed by atoms with Crippen molar-refractivity contribution in [2.45, 2.75) is 31.8 Å². The molecular formula is C15H20N2O2S2. The minimum absolute atomic E-state index is 0.329. The molecule has 1 heterocycles. The molecule has 1 aromatic carbocycles. The minimum atomic E-state index is -3.50. The van der Waals surface area contributed by atoms with Gasteiger partial charge in [0.1, 0.15) is 0 Å². The summed E-state index contributed by atoms with van der Waals surface area (Å²) >= 11 is 1.63. The van der Waals surface area contributed by atoms with Crippen LogP contribution in [0.5, 0.6) is 0 Å². The Balaban J connectivity index is 2.18. The van der Waals surface area contributed by atoms with Gasteiger partial charge < -0.3 is 5.32 Å². The lowest BCUT2D eigenvalue weighted by molar-refractivity contribution is 0.580. The second kappa shape index (κ2) is 6.70. The quantitative estimate of drug-likeness (QED) is 0.858. The molecule has 0 radical (unpaired) electrons. The molecular weight excluding hydrogens is 304 g/mol. The molecule has 0 fully saturated rings. The van der Waals surface area contributed by atoms with E-state index < -0.39 is 10.0 Å². The van der Waals surface area contributed by atoms with Gasteiger partial charge in [-0.25, -0.2) is 13.1 Å². The normalized spacial score (nSPS) is 11.8. The summed E-state index contributed by atoms with van der Waals surface area (Å²) in [6.45, 7) is 4.93. The smallest absolute Gasteiger partial charge is 0.241 e. The third-order valence-corrected chi connectivity index (χ3v) is 5.94. The van der Waals surface area contributed by atoms with E-state index in [1.54, 1.807) is 30.5 Å². The molecule has 114 valence electrons. The molecule has 0 unspecified atom stereocenters. The number of sulfonamides is 1. The highest BCUT2D eigenvalue weighted by molar-refractivity contribution is 7.89. The fourth-order valence-corrected chi connectivity index (χ4v) is 4.41. The standard InChI is InChI=1S/C15H20N2O2S2/c1-11-8-14(20-12(11)2)10-17-21(18,19)15-7-5-4-6-13(15)9-16-3/h4-8,16-17H,9-10H2,1-3H3. The Morgan fingerprint density at radius 1 is 1.14 bits per heavy atom. The summed E-state index contributed by atoms with van der Waals surface area (Å²) in [4.78, 5) is 2.59. The van der Waals surface area contributed by atoms with Gasteiger partial charge in [0.15, 0.2) is 0 Å². The van der Waals surface area contributed by atoms with E-state index in [0.717, 1.165) is 10.4 Å². The zero-order valence-electron chi connectivity index (χ0n) is 12.4. The summed E-state index contributed by atoms with van der Waals surface area (Å²) in [7, 11) is -1.70. The highest BCUT2D eigenvalue weighted by Gasteiger charge is 2.17. The predicted octanol–water partition coefficient (Wildman–Crippen LogP) is 2.56. The molecule has 0 saturated heterocycles. The third kappa shape index (κ3) is 3.91. The molecule has 0 saturated carbocycles. The van der Waals surface area contributed by atoms with E-state index in [1.807, 2.05) is 32.0 Å². The lowest BCUT2D eigenvalue weighted by Gasteiger charge is -2.10. The van der Waals surface area contributed by atoms with Crippen molar-refractivity contribution >= 4 is 21.4 Å². The molecule has 2 aromatic rings. The molecule has 1 aromatic heterocycles. The van der Waals surface area contributed by atoms with Crippen molar-refractivity contribution in [3.05, 3.63) is 51.2 Å². The van der Waals surface area contributed by atoms with Gasteiger partial charge in [-0.15, -0.1) is 11.3 Å². The average molecular weight is 324 g/mol. The molecule has 21 heavy (non-hydrogen) atoms. The monoisotopic (exact) mass is 324 g/mol. The largest absolute Gasteiger partial charge is 0.316 e. The Morgan fingerprint density at radius 2 is 1.86 bits per heavy atom. The summed E-state index contributed by atoms with van der Waals surface area (Å²) < 4.78 is 27.6. The predicted molar refractivity (Wildman–Crippen MR) is 87.0 cm³/mol. The van der Waals surface area contributed by atoms with Crippen LogP contribution in [-0.2, 0) is 23.1 Å². The van der Waals surface area contributed by atoms with Crippen LogP contribution < -0.4 is 10.0 Å². The van der Waals surface area contributed by atoms with Crippen molar-refractivity contribution in [1.82, 2.24) is 10.0 Å². The Hall–Kier alpha value is -1.21. The number of hydrogen-bond acceptors (Lipinski definition) is 4. The fraction of sp³-hybridized carbons (Fsp3) is 0.333. The maximum Gasteiger partial charge on any atom is 0.241 e. The van der Waals surface area contributed by atoms with Crippen LogP contribution in [-0.4, -0.2) is 15.5 Å². The average Bonchev–Trinajstić information content (AvgIpc) is 2.77. The van der Waals surface area contributed by atoms with Gasteiger partial charge in [0.25, 0.3) is 0 Å². The Bertz CT molecular complexity index is 702. The van der Waals surface area contributed by atoms with E-state index >= 15 is 0 Å². The van der Waals surface area contributed by atoms with E-state index in [4.69, 9.17) is 0 Å². The van der Waals surface area contributed by atoms with E-state index in [2.05, 4.69) is 10.0 Å². The van der Waals surface area contributed by atoms with Crippen molar-refractivity contribution in [1.29, 1.82) is 0 Å². The Kier molecular flexibility index (Phi) is 5.16. The van der Waals surface area contributed by atoms with Crippen LogP contribution in [0.3, 0.4) is 0 Å². The topological polar surface area (TPSA) is 58.2 Å².